The Hall–Kier alpha value is -0.800. The summed E-state index contributed by atoms with van der Waals surface area (Å²) in [6.45, 7) is 1.66. The van der Waals surface area contributed by atoms with Crippen LogP contribution in [0.25, 0.3) is 0 Å². The van der Waals surface area contributed by atoms with Crippen LogP contribution < -0.4 is 5.32 Å². The lowest BCUT2D eigenvalue weighted by atomic mass is 10.1. The number of nitrogens with one attached hydrogen (secondary N) is 1. The molecule has 0 aliphatic carbocycles. The average molecular weight is 213 g/mol. The van der Waals surface area contributed by atoms with Crippen LogP contribution in [0.5, 0.6) is 0 Å². The zero-order valence-electron chi connectivity index (χ0n) is 7.87. The molecule has 0 spiro atoms. The zero-order chi connectivity index (χ0) is 9.80. The van der Waals surface area contributed by atoms with Crippen molar-refractivity contribution in [2.75, 3.05) is 18.5 Å². The number of halogens is 1. The van der Waals surface area contributed by atoms with E-state index in [0.29, 0.717) is 11.2 Å². The van der Waals surface area contributed by atoms with E-state index in [4.69, 9.17) is 16.3 Å². The number of nitrogens with zero attached hydrogens (tertiary/aromatic N) is 1. The number of ether oxygens (including phenoxy) is 1. The first kappa shape index (κ1) is 9.74. The molecule has 2 rings (SSSR count). The fraction of sp³-hybridized carbons (Fsp3) is 0.500. The van der Waals surface area contributed by atoms with Gasteiger partial charge in [-0.05, 0) is 25.0 Å². The van der Waals surface area contributed by atoms with E-state index in [0.717, 1.165) is 31.7 Å². The molecule has 1 N–H and O–H groups in total. The van der Waals surface area contributed by atoms with Crippen LogP contribution in [-0.2, 0) is 4.74 Å². The van der Waals surface area contributed by atoms with Crippen LogP contribution in [0.2, 0.25) is 5.15 Å². The lowest BCUT2D eigenvalue weighted by molar-refractivity contribution is 0.0904. The van der Waals surface area contributed by atoms with Crippen LogP contribution >= 0.6 is 11.6 Å². The Balaban J connectivity index is 1.99. The number of pyridine rings is 1. The SMILES string of the molecule is Clc1ncccc1NC1CCOCC1. The summed E-state index contributed by atoms with van der Waals surface area (Å²) in [5, 5.41) is 3.92. The molecular weight excluding hydrogens is 200 g/mol. The van der Waals surface area contributed by atoms with Gasteiger partial charge in [-0.25, -0.2) is 4.98 Å². The third-order valence-corrected chi connectivity index (χ3v) is 2.64. The second-order valence-corrected chi connectivity index (χ2v) is 3.73. The van der Waals surface area contributed by atoms with Gasteiger partial charge in [-0.2, -0.15) is 0 Å². The molecule has 1 aliphatic rings. The minimum Gasteiger partial charge on any atom is -0.381 e. The first-order chi connectivity index (χ1) is 6.86. The van der Waals surface area contributed by atoms with E-state index in [1.54, 1.807) is 6.20 Å². The summed E-state index contributed by atoms with van der Waals surface area (Å²) in [6, 6.07) is 4.30. The maximum absolute atomic E-state index is 5.94. The van der Waals surface area contributed by atoms with Crippen LogP contribution in [0, 0.1) is 0 Å². The number of rotatable bonds is 2. The largest absolute Gasteiger partial charge is 0.381 e. The first-order valence-electron chi connectivity index (χ1n) is 4.81. The number of hydrogen-bond donors (Lipinski definition) is 1. The summed E-state index contributed by atoms with van der Waals surface area (Å²) in [5.41, 5.74) is 0.918. The van der Waals surface area contributed by atoms with Crippen molar-refractivity contribution in [2.45, 2.75) is 18.9 Å². The second kappa shape index (κ2) is 4.62. The van der Waals surface area contributed by atoms with Crippen molar-refractivity contribution in [1.29, 1.82) is 0 Å². The molecule has 1 aliphatic heterocycles. The zero-order valence-corrected chi connectivity index (χ0v) is 8.63. The molecule has 14 heavy (non-hydrogen) atoms. The molecule has 0 atom stereocenters. The molecule has 0 unspecified atom stereocenters. The summed E-state index contributed by atoms with van der Waals surface area (Å²) in [4.78, 5) is 4.02. The molecule has 76 valence electrons. The Morgan fingerprint density at radius 2 is 2.21 bits per heavy atom. The smallest absolute Gasteiger partial charge is 0.152 e. The van der Waals surface area contributed by atoms with E-state index in [2.05, 4.69) is 10.3 Å². The minimum absolute atomic E-state index is 0.463. The van der Waals surface area contributed by atoms with Crippen molar-refractivity contribution in [3.63, 3.8) is 0 Å². The number of aromatic nitrogens is 1. The maximum Gasteiger partial charge on any atom is 0.152 e. The molecule has 4 heteroatoms. The van der Waals surface area contributed by atoms with E-state index < -0.39 is 0 Å². The fourth-order valence-corrected chi connectivity index (χ4v) is 1.73. The molecule has 1 fully saturated rings. The van der Waals surface area contributed by atoms with Gasteiger partial charge in [0.1, 0.15) is 0 Å². The normalized spacial score (nSPS) is 18.1. The van der Waals surface area contributed by atoms with Gasteiger partial charge in [-0.3, -0.25) is 0 Å². The minimum atomic E-state index is 0.463. The first-order valence-corrected chi connectivity index (χ1v) is 5.19. The molecule has 1 aromatic heterocycles. The highest BCUT2D eigenvalue weighted by Gasteiger charge is 2.14. The standard InChI is InChI=1S/C10H13ClN2O/c11-10-9(2-1-5-12-10)13-8-3-6-14-7-4-8/h1-2,5,8,13H,3-4,6-7H2. The third-order valence-electron chi connectivity index (χ3n) is 2.34. The highest BCUT2D eigenvalue weighted by atomic mass is 35.5. The summed E-state index contributed by atoms with van der Waals surface area (Å²) >= 11 is 5.94. The molecule has 1 aromatic rings. The predicted octanol–water partition coefficient (Wildman–Crippen LogP) is 2.33. The second-order valence-electron chi connectivity index (χ2n) is 3.37. The van der Waals surface area contributed by atoms with Crippen molar-refractivity contribution in [3.8, 4) is 0 Å². The summed E-state index contributed by atoms with van der Waals surface area (Å²) < 4.78 is 5.28. The highest BCUT2D eigenvalue weighted by Crippen LogP contribution is 2.21. The molecule has 1 saturated heterocycles. The molecule has 0 radical (unpaired) electrons. The monoisotopic (exact) mass is 212 g/mol. The van der Waals surface area contributed by atoms with E-state index in [-0.39, 0.29) is 0 Å². The average Bonchev–Trinajstić information content (AvgIpc) is 2.23. The van der Waals surface area contributed by atoms with Gasteiger partial charge in [-0.15, -0.1) is 0 Å². The van der Waals surface area contributed by atoms with Gasteiger partial charge < -0.3 is 10.1 Å². The van der Waals surface area contributed by atoms with Gasteiger partial charge >= 0.3 is 0 Å². The van der Waals surface area contributed by atoms with Crippen molar-refractivity contribution in [3.05, 3.63) is 23.5 Å². The summed E-state index contributed by atoms with van der Waals surface area (Å²) in [7, 11) is 0. The van der Waals surface area contributed by atoms with Gasteiger partial charge in [-0.1, -0.05) is 11.6 Å². The fourth-order valence-electron chi connectivity index (χ4n) is 1.56. The Labute approximate surface area is 88.4 Å². The lowest BCUT2D eigenvalue weighted by Crippen LogP contribution is -2.27. The summed E-state index contributed by atoms with van der Waals surface area (Å²) in [5.74, 6) is 0. The number of hydrogen-bond acceptors (Lipinski definition) is 3. The number of anilines is 1. The van der Waals surface area contributed by atoms with Gasteiger partial charge in [0, 0.05) is 25.5 Å². The molecular formula is C10H13ClN2O. The van der Waals surface area contributed by atoms with Crippen molar-refractivity contribution in [2.24, 2.45) is 0 Å². The molecule has 0 saturated carbocycles. The molecule has 2 heterocycles. The van der Waals surface area contributed by atoms with Crippen molar-refractivity contribution < 1.29 is 4.74 Å². The molecule has 0 bridgehead atoms. The van der Waals surface area contributed by atoms with Crippen molar-refractivity contribution >= 4 is 17.3 Å². The Morgan fingerprint density at radius 1 is 1.43 bits per heavy atom. The van der Waals surface area contributed by atoms with Gasteiger partial charge in [0.05, 0.1) is 5.69 Å². The third kappa shape index (κ3) is 2.36. The predicted molar refractivity (Wildman–Crippen MR) is 56.7 cm³/mol. The molecule has 0 aromatic carbocycles. The van der Waals surface area contributed by atoms with E-state index in [1.807, 2.05) is 12.1 Å². The molecule has 3 nitrogen and oxygen atoms in total. The van der Waals surface area contributed by atoms with E-state index in [9.17, 15) is 0 Å². The Morgan fingerprint density at radius 3 is 2.93 bits per heavy atom. The Bertz CT molecular complexity index is 300. The van der Waals surface area contributed by atoms with Crippen LogP contribution in [0.1, 0.15) is 12.8 Å². The van der Waals surface area contributed by atoms with Crippen molar-refractivity contribution in [1.82, 2.24) is 4.98 Å². The quantitative estimate of drug-likeness (QED) is 0.765. The van der Waals surface area contributed by atoms with E-state index in [1.165, 1.54) is 0 Å². The van der Waals surface area contributed by atoms with Crippen LogP contribution in [0.4, 0.5) is 5.69 Å². The highest BCUT2D eigenvalue weighted by molar-refractivity contribution is 6.31. The lowest BCUT2D eigenvalue weighted by Gasteiger charge is -2.24. The summed E-state index contributed by atoms with van der Waals surface area (Å²) in [6.07, 6.45) is 3.76. The van der Waals surface area contributed by atoms with Gasteiger partial charge in [0.2, 0.25) is 0 Å². The Kier molecular flexibility index (Phi) is 3.22. The topological polar surface area (TPSA) is 34.2 Å². The molecule has 0 amide bonds. The maximum atomic E-state index is 5.94. The van der Waals surface area contributed by atoms with E-state index >= 15 is 0 Å². The van der Waals surface area contributed by atoms with Gasteiger partial charge in [0.25, 0.3) is 0 Å². The van der Waals surface area contributed by atoms with Gasteiger partial charge in [0.15, 0.2) is 5.15 Å². The van der Waals surface area contributed by atoms with Crippen LogP contribution in [0.15, 0.2) is 18.3 Å². The van der Waals surface area contributed by atoms with Crippen LogP contribution in [-0.4, -0.2) is 24.2 Å². The van der Waals surface area contributed by atoms with Crippen LogP contribution in [0.3, 0.4) is 0 Å².